The molecule has 10 heteroatoms. The van der Waals surface area contributed by atoms with Crippen molar-refractivity contribution in [2.24, 2.45) is 0 Å². The molecule has 0 bridgehead atoms. The maximum absolute atomic E-state index is 12.1. The van der Waals surface area contributed by atoms with E-state index in [2.05, 4.69) is 9.47 Å². The Labute approximate surface area is 180 Å². The minimum atomic E-state index is -3.84. The Hall–Kier alpha value is -2.95. The molecule has 0 unspecified atom stereocenters. The SMILES string of the molecule is COC(=O)c1ccc(OCCOCCOS(=O)(=O)c2cccc(C)c2)cc1C(=O)OC. The number of rotatable bonds is 11. The fraction of sp³-hybridized carbons (Fsp3) is 0.333. The Balaban J connectivity index is 1.79. The van der Waals surface area contributed by atoms with Crippen molar-refractivity contribution < 1.29 is 41.1 Å². The van der Waals surface area contributed by atoms with Crippen LogP contribution in [0.4, 0.5) is 0 Å². The average molecular weight is 452 g/mol. The molecule has 0 fully saturated rings. The minimum absolute atomic E-state index is 0.0162. The zero-order valence-electron chi connectivity index (χ0n) is 17.5. The van der Waals surface area contributed by atoms with Gasteiger partial charge in [0.15, 0.2) is 0 Å². The van der Waals surface area contributed by atoms with Crippen molar-refractivity contribution in [2.75, 3.05) is 40.6 Å². The molecule has 9 nitrogen and oxygen atoms in total. The summed E-state index contributed by atoms with van der Waals surface area (Å²) in [4.78, 5) is 23.7. The van der Waals surface area contributed by atoms with E-state index in [4.69, 9.17) is 13.7 Å². The van der Waals surface area contributed by atoms with Crippen LogP contribution < -0.4 is 4.74 Å². The minimum Gasteiger partial charge on any atom is -0.491 e. The van der Waals surface area contributed by atoms with Crippen molar-refractivity contribution in [2.45, 2.75) is 11.8 Å². The monoisotopic (exact) mass is 452 g/mol. The molecule has 2 aromatic rings. The Morgan fingerprint density at radius 3 is 2.19 bits per heavy atom. The molecule has 2 aromatic carbocycles. The molecular formula is C21H24O9S. The first-order chi connectivity index (χ1) is 14.8. The quantitative estimate of drug-likeness (QED) is 0.288. The molecule has 0 spiro atoms. The van der Waals surface area contributed by atoms with Gasteiger partial charge in [-0.1, -0.05) is 12.1 Å². The fourth-order valence-electron chi connectivity index (χ4n) is 2.54. The highest BCUT2D eigenvalue weighted by molar-refractivity contribution is 7.86. The van der Waals surface area contributed by atoms with Crippen LogP contribution in [0.5, 0.6) is 5.75 Å². The van der Waals surface area contributed by atoms with Gasteiger partial charge in [0, 0.05) is 0 Å². The van der Waals surface area contributed by atoms with Crippen LogP contribution >= 0.6 is 0 Å². The van der Waals surface area contributed by atoms with E-state index in [0.717, 1.165) is 5.56 Å². The number of methoxy groups -OCH3 is 2. The summed E-state index contributed by atoms with van der Waals surface area (Å²) in [5.41, 5.74) is 0.889. The second kappa shape index (κ2) is 11.4. The normalized spacial score (nSPS) is 11.1. The van der Waals surface area contributed by atoms with E-state index < -0.39 is 22.1 Å². The Kier molecular flexibility index (Phi) is 8.98. The molecule has 0 aliphatic heterocycles. The molecule has 0 aromatic heterocycles. The predicted molar refractivity (Wildman–Crippen MR) is 110 cm³/mol. The van der Waals surface area contributed by atoms with E-state index in [1.165, 1.54) is 44.6 Å². The lowest BCUT2D eigenvalue weighted by Gasteiger charge is -2.11. The Bertz CT molecular complexity index is 1020. The van der Waals surface area contributed by atoms with E-state index in [9.17, 15) is 18.0 Å². The molecular weight excluding hydrogens is 428 g/mol. The summed E-state index contributed by atoms with van der Waals surface area (Å²) >= 11 is 0. The summed E-state index contributed by atoms with van der Waals surface area (Å²) < 4.78 is 49.3. The number of hydrogen-bond donors (Lipinski definition) is 0. The van der Waals surface area contributed by atoms with Gasteiger partial charge in [-0.15, -0.1) is 0 Å². The van der Waals surface area contributed by atoms with Gasteiger partial charge in [0.2, 0.25) is 0 Å². The number of esters is 2. The first-order valence-corrected chi connectivity index (χ1v) is 10.7. The highest BCUT2D eigenvalue weighted by Gasteiger charge is 2.19. The summed E-state index contributed by atoms with van der Waals surface area (Å²) in [6.07, 6.45) is 0. The van der Waals surface area contributed by atoms with Crippen LogP contribution in [-0.4, -0.2) is 61.0 Å². The number of aryl methyl sites for hydroxylation is 1. The van der Waals surface area contributed by atoms with Crippen LogP contribution in [0.1, 0.15) is 26.3 Å². The second-order valence-electron chi connectivity index (χ2n) is 6.24. The van der Waals surface area contributed by atoms with Crippen LogP contribution in [0.15, 0.2) is 47.4 Å². The smallest absolute Gasteiger partial charge is 0.338 e. The van der Waals surface area contributed by atoms with Gasteiger partial charge in [0.05, 0.1) is 50.1 Å². The van der Waals surface area contributed by atoms with Gasteiger partial charge in [-0.2, -0.15) is 8.42 Å². The molecule has 2 rings (SSSR count). The summed E-state index contributed by atoms with van der Waals surface area (Å²) in [6, 6.07) is 10.7. The summed E-state index contributed by atoms with van der Waals surface area (Å²) in [5, 5.41) is 0. The summed E-state index contributed by atoms with van der Waals surface area (Å²) in [7, 11) is -1.43. The van der Waals surface area contributed by atoms with Crippen molar-refractivity contribution in [3.05, 3.63) is 59.2 Å². The third-order valence-electron chi connectivity index (χ3n) is 4.04. The first kappa shape index (κ1) is 24.3. The van der Waals surface area contributed by atoms with Gasteiger partial charge < -0.3 is 18.9 Å². The van der Waals surface area contributed by atoms with Gasteiger partial charge in [0.25, 0.3) is 10.1 Å². The number of carbonyl (C=O) groups is 2. The van der Waals surface area contributed by atoms with Crippen molar-refractivity contribution >= 4 is 22.1 Å². The molecule has 0 radical (unpaired) electrons. The van der Waals surface area contributed by atoms with Gasteiger partial charge in [-0.3, -0.25) is 4.18 Å². The van der Waals surface area contributed by atoms with E-state index in [0.29, 0.717) is 5.75 Å². The van der Waals surface area contributed by atoms with Crippen LogP contribution in [-0.2, 0) is 28.5 Å². The molecule has 168 valence electrons. The number of benzene rings is 2. The number of carbonyl (C=O) groups excluding carboxylic acids is 2. The lowest BCUT2D eigenvalue weighted by atomic mass is 10.1. The van der Waals surface area contributed by atoms with Gasteiger partial charge in [0.1, 0.15) is 12.4 Å². The molecule has 0 atom stereocenters. The predicted octanol–water partition coefficient (Wildman–Crippen LogP) is 2.37. The topological polar surface area (TPSA) is 114 Å². The summed E-state index contributed by atoms with van der Waals surface area (Å²) in [5.74, 6) is -1.04. The largest absolute Gasteiger partial charge is 0.491 e. The van der Waals surface area contributed by atoms with E-state index in [1.54, 1.807) is 19.1 Å². The zero-order chi connectivity index (χ0) is 22.9. The highest BCUT2D eigenvalue weighted by atomic mass is 32.2. The van der Waals surface area contributed by atoms with Gasteiger partial charge in [-0.05, 0) is 42.8 Å². The number of hydrogen-bond acceptors (Lipinski definition) is 9. The molecule has 0 saturated carbocycles. The van der Waals surface area contributed by atoms with E-state index >= 15 is 0 Å². The lowest BCUT2D eigenvalue weighted by Crippen LogP contribution is -2.15. The van der Waals surface area contributed by atoms with Crippen molar-refractivity contribution in [3.63, 3.8) is 0 Å². The Morgan fingerprint density at radius 2 is 1.52 bits per heavy atom. The van der Waals surface area contributed by atoms with Crippen molar-refractivity contribution in [3.8, 4) is 5.75 Å². The van der Waals surface area contributed by atoms with Crippen LogP contribution in [0, 0.1) is 6.92 Å². The average Bonchev–Trinajstić information content (AvgIpc) is 2.77. The van der Waals surface area contributed by atoms with Gasteiger partial charge >= 0.3 is 11.9 Å². The second-order valence-corrected chi connectivity index (χ2v) is 7.86. The summed E-state index contributed by atoms with van der Waals surface area (Å²) in [6.45, 7) is 1.97. The standard InChI is InChI=1S/C21H24O9S/c1-15-5-4-6-17(13-15)31(24,25)30-12-10-28-9-11-29-16-7-8-18(20(22)26-2)19(14-16)21(23)27-3/h4-8,13-14H,9-12H2,1-3H3. The van der Waals surface area contributed by atoms with E-state index in [1.807, 2.05) is 0 Å². The Morgan fingerprint density at radius 1 is 0.839 bits per heavy atom. The molecule has 0 aliphatic rings. The van der Waals surface area contributed by atoms with Crippen molar-refractivity contribution in [1.29, 1.82) is 0 Å². The molecule has 0 saturated heterocycles. The first-order valence-electron chi connectivity index (χ1n) is 9.26. The van der Waals surface area contributed by atoms with Gasteiger partial charge in [-0.25, -0.2) is 9.59 Å². The zero-order valence-corrected chi connectivity index (χ0v) is 18.3. The molecule has 0 amide bonds. The molecule has 0 heterocycles. The molecule has 0 aliphatic carbocycles. The van der Waals surface area contributed by atoms with E-state index in [-0.39, 0.29) is 42.4 Å². The maximum Gasteiger partial charge on any atom is 0.338 e. The fourth-order valence-corrected chi connectivity index (χ4v) is 3.54. The molecule has 31 heavy (non-hydrogen) atoms. The third kappa shape index (κ3) is 7.06. The lowest BCUT2D eigenvalue weighted by molar-refractivity contribution is 0.0554. The van der Waals surface area contributed by atoms with Crippen LogP contribution in [0.2, 0.25) is 0 Å². The van der Waals surface area contributed by atoms with Crippen LogP contribution in [0.3, 0.4) is 0 Å². The maximum atomic E-state index is 12.1. The van der Waals surface area contributed by atoms with Crippen molar-refractivity contribution in [1.82, 2.24) is 0 Å². The third-order valence-corrected chi connectivity index (χ3v) is 5.35. The van der Waals surface area contributed by atoms with Crippen LogP contribution in [0.25, 0.3) is 0 Å². The molecule has 0 N–H and O–H groups in total. The number of ether oxygens (including phenoxy) is 4. The highest BCUT2D eigenvalue weighted by Crippen LogP contribution is 2.20.